The molecular weight excluding hydrogens is 376 g/mol. The van der Waals surface area contributed by atoms with Crippen LogP contribution >= 0.6 is 0 Å². The Hall–Kier alpha value is -3.52. The number of rotatable bonds is 4. The molecule has 31 heavy (non-hydrogen) atoms. The van der Waals surface area contributed by atoms with Crippen LogP contribution in [-0.2, 0) is 12.8 Å². The quantitative estimate of drug-likeness (QED) is 0.368. The summed E-state index contributed by atoms with van der Waals surface area (Å²) in [5.41, 5.74) is 11.2. The van der Waals surface area contributed by atoms with Crippen LogP contribution in [0.1, 0.15) is 28.7 Å². The summed E-state index contributed by atoms with van der Waals surface area (Å²) in [5, 5.41) is 0. The van der Waals surface area contributed by atoms with E-state index >= 15 is 0 Å². The van der Waals surface area contributed by atoms with E-state index in [1.54, 1.807) is 0 Å². The Bertz CT molecular complexity index is 1050. The maximum absolute atomic E-state index is 2.52. The predicted octanol–water partition coefficient (Wildman–Crippen LogP) is 6.86. The van der Waals surface area contributed by atoms with Gasteiger partial charge in [-0.3, -0.25) is 0 Å². The van der Waals surface area contributed by atoms with Crippen LogP contribution in [-0.4, -0.2) is 13.1 Å². The third kappa shape index (κ3) is 3.19. The van der Waals surface area contributed by atoms with E-state index in [4.69, 9.17) is 0 Å². The number of anilines is 4. The van der Waals surface area contributed by atoms with Gasteiger partial charge in [0.1, 0.15) is 0 Å². The number of fused-ring (bicyclic) bond motifs is 4. The molecule has 0 aliphatic carbocycles. The molecule has 6 rings (SSSR count). The summed E-state index contributed by atoms with van der Waals surface area (Å²) in [6.45, 7) is 2.02. The summed E-state index contributed by atoms with van der Waals surface area (Å²) < 4.78 is 0. The Balaban J connectivity index is 1.29. The van der Waals surface area contributed by atoms with Crippen LogP contribution in [0.2, 0.25) is 0 Å². The summed E-state index contributed by atoms with van der Waals surface area (Å²) in [5.74, 6) is 0. The van der Waals surface area contributed by atoms with E-state index in [2.05, 4.69) is 107 Å². The average molecular weight is 403 g/mol. The first kappa shape index (κ1) is 18.3. The largest absolute Gasteiger partial charge is 0.341 e. The zero-order valence-electron chi connectivity index (χ0n) is 17.7. The minimum absolute atomic E-state index is 1.01. The van der Waals surface area contributed by atoms with Crippen LogP contribution < -0.4 is 9.80 Å². The number of benzene rings is 4. The van der Waals surface area contributed by atoms with Crippen molar-refractivity contribution in [2.24, 2.45) is 0 Å². The third-order valence-electron chi connectivity index (χ3n) is 6.65. The van der Waals surface area contributed by atoms with E-state index in [1.807, 2.05) is 0 Å². The number of para-hydroxylation sites is 4. The fraction of sp³-hybridized carbons (Fsp3) is 0.172. The fourth-order valence-corrected chi connectivity index (χ4v) is 5.23. The molecule has 0 radical (unpaired) electrons. The van der Waals surface area contributed by atoms with E-state index in [0.29, 0.717) is 0 Å². The molecule has 0 saturated heterocycles. The minimum Gasteiger partial charge on any atom is -0.341 e. The second-order valence-electron chi connectivity index (χ2n) is 8.53. The van der Waals surface area contributed by atoms with Gasteiger partial charge in [-0.25, -0.2) is 0 Å². The van der Waals surface area contributed by atoms with Crippen LogP contribution in [0.4, 0.5) is 22.7 Å². The monoisotopic (exact) mass is 402 g/mol. The van der Waals surface area contributed by atoms with Crippen LogP contribution in [0.15, 0.2) is 97.1 Å². The first-order valence-electron chi connectivity index (χ1n) is 11.3. The van der Waals surface area contributed by atoms with Gasteiger partial charge in [0.25, 0.3) is 0 Å². The molecule has 0 spiro atoms. The van der Waals surface area contributed by atoms with Gasteiger partial charge in [0, 0.05) is 48.7 Å². The summed E-state index contributed by atoms with van der Waals surface area (Å²) in [7, 11) is 0. The smallest absolute Gasteiger partial charge is 0.0446 e. The third-order valence-corrected chi connectivity index (χ3v) is 6.65. The molecule has 2 aliphatic rings. The number of nitrogens with zero attached hydrogens (tertiary/aromatic N) is 2. The molecule has 0 unspecified atom stereocenters. The van der Waals surface area contributed by atoms with Crippen molar-refractivity contribution in [3.8, 4) is 0 Å². The van der Waals surface area contributed by atoms with Crippen molar-refractivity contribution >= 4 is 22.7 Å². The summed E-state index contributed by atoms with van der Waals surface area (Å²) in [6, 6.07) is 35.5. The second-order valence-corrected chi connectivity index (χ2v) is 8.53. The highest BCUT2D eigenvalue weighted by molar-refractivity contribution is 5.75. The maximum Gasteiger partial charge on any atom is 0.0446 e. The van der Waals surface area contributed by atoms with E-state index in [-0.39, 0.29) is 0 Å². The van der Waals surface area contributed by atoms with Crippen molar-refractivity contribution in [1.82, 2.24) is 0 Å². The van der Waals surface area contributed by atoms with Gasteiger partial charge in [-0.15, -0.1) is 0 Å². The summed E-state index contributed by atoms with van der Waals surface area (Å²) >= 11 is 0. The van der Waals surface area contributed by atoms with Crippen molar-refractivity contribution in [3.05, 3.63) is 119 Å². The Morgan fingerprint density at radius 1 is 0.419 bits per heavy atom. The lowest BCUT2D eigenvalue weighted by Crippen LogP contribution is -2.29. The van der Waals surface area contributed by atoms with Crippen molar-refractivity contribution in [1.29, 1.82) is 0 Å². The molecule has 152 valence electrons. The Morgan fingerprint density at radius 3 is 1.03 bits per heavy atom. The minimum atomic E-state index is 1.01. The molecular formula is C29H26N2. The summed E-state index contributed by atoms with van der Waals surface area (Å²) in [4.78, 5) is 5.05. The SMILES string of the molecule is c1ccc2c(c1)Cc1ccccc1N2CCCN1c2ccccc2Cc2ccccc21. The maximum atomic E-state index is 2.52. The van der Waals surface area contributed by atoms with E-state index in [9.17, 15) is 0 Å². The average Bonchev–Trinajstić information content (AvgIpc) is 2.83. The molecule has 4 aromatic rings. The van der Waals surface area contributed by atoms with Crippen LogP contribution in [0.3, 0.4) is 0 Å². The van der Waals surface area contributed by atoms with Gasteiger partial charge in [0.2, 0.25) is 0 Å². The van der Waals surface area contributed by atoms with Gasteiger partial charge >= 0.3 is 0 Å². The highest BCUT2D eigenvalue weighted by Gasteiger charge is 2.24. The lowest BCUT2D eigenvalue weighted by atomic mass is 9.94. The normalized spacial score (nSPS) is 13.8. The molecule has 2 heteroatoms. The topological polar surface area (TPSA) is 6.48 Å². The molecule has 0 aromatic heterocycles. The zero-order valence-corrected chi connectivity index (χ0v) is 17.7. The Kier molecular flexibility index (Phi) is 4.49. The van der Waals surface area contributed by atoms with Gasteiger partial charge in [0.15, 0.2) is 0 Å². The van der Waals surface area contributed by atoms with Crippen LogP contribution in [0.5, 0.6) is 0 Å². The van der Waals surface area contributed by atoms with E-state index in [0.717, 1.165) is 32.4 Å². The lowest BCUT2D eigenvalue weighted by Gasteiger charge is -2.36. The first-order chi connectivity index (χ1) is 15.4. The summed E-state index contributed by atoms with van der Waals surface area (Å²) in [6.07, 6.45) is 3.14. The van der Waals surface area contributed by atoms with Gasteiger partial charge in [-0.2, -0.15) is 0 Å². The van der Waals surface area contributed by atoms with Gasteiger partial charge < -0.3 is 9.80 Å². The number of hydrogen-bond donors (Lipinski definition) is 0. The zero-order chi connectivity index (χ0) is 20.6. The van der Waals surface area contributed by atoms with Crippen LogP contribution in [0, 0.1) is 0 Å². The van der Waals surface area contributed by atoms with Gasteiger partial charge in [0.05, 0.1) is 0 Å². The molecule has 0 amide bonds. The highest BCUT2D eigenvalue weighted by Crippen LogP contribution is 2.40. The first-order valence-corrected chi connectivity index (χ1v) is 11.3. The molecule has 4 aromatic carbocycles. The highest BCUT2D eigenvalue weighted by atomic mass is 15.2. The molecule has 2 heterocycles. The van der Waals surface area contributed by atoms with Crippen LogP contribution in [0.25, 0.3) is 0 Å². The second kappa shape index (κ2) is 7.63. The fourth-order valence-electron chi connectivity index (χ4n) is 5.23. The standard InChI is InChI=1S/C29H26N2/c1-5-14-26-22(10-1)20-23-11-2-6-15-27(23)30(26)18-9-19-31-28-16-7-3-12-24(28)21-25-13-4-8-17-29(25)31/h1-8,10-17H,9,18-21H2. The lowest BCUT2D eigenvalue weighted by molar-refractivity contribution is 0.779. The molecule has 0 saturated carbocycles. The predicted molar refractivity (Wildman–Crippen MR) is 130 cm³/mol. The van der Waals surface area contributed by atoms with Crippen molar-refractivity contribution in [2.75, 3.05) is 22.9 Å². The van der Waals surface area contributed by atoms with E-state index in [1.165, 1.54) is 45.0 Å². The Morgan fingerprint density at radius 2 is 0.710 bits per heavy atom. The molecule has 0 bridgehead atoms. The molecule has 0 atom stereocenters. The van der Waals surface area contributed by atoms with Crippen molar-refractivity contribution in [2.45, 2.75) is 19.3 Å². The van der Waals surface area contributed by atoms with E-state index < -0.39 is 0 Å². The molecule has 2 aliphatic heterocycles. The van der Waals surface area contributed by atoms with Crippen molar-refractivity contribution in [3.63, 3.8) is 0 Å². The number of hydrogen-bond acceptors (Lipinski definition) is 2. The molecule has 0 N–H and O–H groups in total. The molecule has 2 nitrogen and oxygen atoms in total. The molecule has 0 fully saturated rings. The van der Waals surface area contributed by atoms with Gasteiger partial charge in [-0.05, 0) is 52.9 Å². The van der Waals surface area contributed by atoms with Crippen molar-refractivity contribution < 1.29 is 0 Å². The Labute approximate surface area is 184 Å². The van der Waals surface area contributed by atoms with Gasteiger partial charge in [-0.1, -0.05) is 72.8 Å².